The minimum atomic E-state index is 0.300. The van der Waals surface area contributed by atoms with E-state index in [0.29, 0.717) is 12.1 Å². The summed E-state index contributed by atoms with van der Waals surface area (Å²) in [4.78, 5) is 0. The van der Waals surface area contributed by atoms with Crippen molar-refractivity contribution in [2.75, 3.05) is 6.61 Å². The molecule has 0 aromatic heterocycles. The zero-order chi connectivity index (χ0) is 7.40. The lowest BCUT2D eigenvalue weighted by Gasteiger charge is -2.28. The Hall–Kier alpha value is -0.0800. The molecule has 0 amide bonds. The van der Waals surface area contributed by atoms with E-state index in [0.717, 1.165) is 25.9 Å². The molecule has 1 rings (SSSR count). The van der Waals surface area contributed by atoms with Gasteiger partial charge in [0, 0.05) is 12.6 Å². The first-order chi connectivity index (χ1) is 4.84. The van der Waals surface area contributed by atoms with E-state index in [4.69, 9.17) is 10.5 Å². The normalized spacial score (nSPS) is 34.2. The first-order valence-electron chi connectivity index (χ1n) is 4.21. The first-order valence-corrected chi connectivity index (χ1v) is 4.21. The van der Waals surface area contributed by atoms with Gasteiger partial charge in [0.2, 0.25) is 0 Å². The highest BCUT2D eigenvalue weighted by molar-refractivity contribution is 4.76. The number of hydrogen-bond acceptors (Lipinski definition) is 2. The zero-order valence-electron chi connectivity index (χ0n) is 6.68. The maximum absolute atomic E-state index is 5.84. The smallest absolute Gasteiger partial charge is 0.0725 e. The van der Waals surface area contributed by atoms with Crippen LogP contribution in [0.2, 0.25) is 0 Å². The van der Waals surface area contributed by atoms with Crippen LogP contribution < -0.4 is 5.73 Å². The molecule has 2 N–H and O–H groups in total. The van der Waals surface area contributed by atoms with Crippen LogP contribution in [0.15, 0.2) is 0 Å². The van der Waals surface area contributed by atoms with Crippen LogP contribution in [0.25, 0.3) is 0 Å². The van der Waals surface area contributed by atoms with Gasteiger partial charge in [-0.05, 0) is 19.3 Å². The highest BCUT2D eigenvalue weighted by atomic mass is 16.5. The van der Waals surface area contributed by atoms with Crippen molar-refractivity contribution < 1.29 is 4.74 Å². The molecule has 2 heteroatoms. The van der Waals surface area contributed by atoms with Crippen LogP contribution in [-0.4, -0.2) is 18.8 Å². The van der Waals surface area contributed by atoms with Crippen molar-refractivity contribution in [3.8, 4) is 0 Å². The van der Waals surface area contributed by atoms with Crippen molar-refractivity contribution in [2.24, 2.45) is 5.73 Å². The average Bonchev–Trinajstić information content (AvgIpc) is 1.94. The van der Waals surface area contributed by atoms with E-state index in [1.54, 1.807) is 0 Å². The van der Waals surface area contributed by atoms with Gasteiger partial charge < -0.3 is 10.5 Å². The van der Waals surface area contributed by atoms with Crippen molar-refractivity contribution in [1.82, 2.24) is 0 Å². The Bertz CT molecular complexity index is 93.3. The second-order valence-corrected chi connectivity index (χ2v) is 3.00. The Labute approximate surface area is 62.7 Å². The molecular weight excluding hydrogens is 126 g/mol. The van der Waals surface area contributed by atoms with Crippen LogP contribution in [0.3, 0.4) is 0 Å². The van der Waals surface area contributed by atoms with Crippen LogP contribution in [0, 0.1) is 0 Å². The second kappa shape index (κ2) is 3.94. The van der Waals surface area contributed by atoms with Crippen molar-refractivity contribution in [3.63, 3.8) is 0 Å². The molecule has 60 valence electrons. The first kappa shape index (κ1) is 8.02. The summed E-state index contributed by atoms with van der Waals surface area (Å²) in [6.45, 7) is 3.09. The Morgan fingerprint density at radius 1 is 1.60 bits per heavy atom. The van der Waals surface area contributed by atoms with E-state index in [9.17, 15) is 0 Å². The van der Waals surface area contributed by atoms with E-state index >= 15 is 0 Å². The van der Waals surface area contributed by atoms with Crippen LogP contribution in [-0.2, 0) is 4.74 Å². The summed E-state index contributed by atoms with van der Waals surface area (Å²) in [5.41, 5.74) is 5.84. The molecule has 2 unspecified atom stereocenters. The van der Waals surface area contributed by atoms with Crippen molar-refractivity contribution >= 4 is 0 Å². The number of rotatable bonds is 2. The SMILES string of the molecule is CCCC1OCCCC1N. The maximum atomic E-state index is 5.84. The van der Waals surface area contributed by atoms with Gasteiger partial charge in [-0.25, -0.2) is 0 Å². The van der Waals surface area contributed by atoms with Crippen LogP contribution in [0.4, 0.5) is 0 Å². The molecular formula is C8H17NO. The fourth-order valence-corrected chi connectivity index (χ4v) is 1.45. The fraction of sp³-hybridized carbons (Fsp3) is 1.00. The molecule has 0 spiro atoms. The second-order valence-electron chi connectivity index (χ2n) is 3.00. The monoisotopic (exact) mass is 143 g/mol. The lowest BCUT2D eigenvalue weighted by molar-refractivity contribution is -0.00341. The van der Waals surface area contributed by atoms with Gasteiger partial charge in [-0.1, -0.05) is 13.3 Å². The summed E-state index contributed by atoms with van der Waals surface area (Å²) >= 11 is 0. The molecule has 1 aliphatic heterocycles. The van der Waals surface area contributed by atoms with Gasteiger partial charge >= 0.3 is 0 Å². The minimum Gasteiger partial charge on any atom is -0.377 e. The van der Waals surface area contributed by atoms with E-state index < -0.39 is 0 Å². The van der Waals surface area contributed by atoms with Crippen molar-refractivity contribution in [3.05, 3.63) is 0 Å². The summed E-state index contributed by atoms with van der Waals surface area (Å²) in [7, 11) is 0. The van der Waals surface area contributed by atoms with E-state index in [2.05, 4.69) is 6.92 Å². The third-order valence-electron chi connectivity index (χ3n) is 2.06. The topological polar surface area (TPSA) is 35.2 Å². The minimum absolute atomic E-state index is 0.300. The molecule has 10 heavy (non-hydrogen) atoms. The standard InChI is InChI=1S/C8H17NO/c1-2-4-8-7(9)5-3-6-10-8/h7-8H,2-6,9H2,1H3. The molecule has 1 aliphatic rings. The van der Waals surface area contributed by atoms with Gasteiger partial charge in [0.15, 0.2) is 0 Å². The van der Waals surface area contributed by atoms with Gasteiger partial charge in [-0.15, -0.1) is 0 Å². The summed E-state index contributed by atoms with van der Waals surface area (Å²) < 4.78 is 5.51. The summed E-state index contributed by atoms with van der Waals surface area (Å²) in [5.74, 6) is 0. The molecule has 0 aliphatic carbocycles. The molecule has 0 aromatic carbocycles. The van der Waals surface area contributed by atoms with Gasteiger partial charge in [0.1, 0.15) is 0 Å². The van der Waals surface area contributed by atoms with Crippen LogP contribution in [0.5, 0.6) is 0 Å². The Kier molecular flexibility index (Phi) is 3.16. The molecule has 2 nitrogen and oxygen atoms in total. The van der Waals surface area contributed by atoms with Crippen LogP contribution >= 0.6 is 0 Å². The highest BCUT2D eigenvalue weighted by Crippen LogP contribution is 2.15. The molecule has 0 radical (unpaired) electrons. The average molecular weight is 143 g/mol. The molecule has 1 heterocycles. The third-order valence-corrected chi connectivity index (χ3v) is 2.06. The molecule has 0 aromatic rings. The summed E-state index contributed by atoms with van der Waals surface area (Å²) in [5, 5.41) is 0. The Morgan fingerprint density at radius 3 is 3.00 bits per heavy atom. The molecule has 0 saturated carbocycles. The van der Waals surface area contributed by atoms with E-state index in [1.165, 1.54) is 6.42 Å². The highest BCUT2D eigenvalue weighted by Gasteiger charge is 2.20. The molecule has 2 atom stereocenters. The van der Waals surface area contributed by atoms with Crippen molar-refractivity contribution in [2.45, 2.75) is 44.8 Å². The van der Waals surface area contributed by atoms with Gasteiger partial charge in [-0.3, -0.25) is 0 Å². The quantitative estimate of drug-likeness (QED) is 0.632. The number of ether oxygens (including phenoxy) is 1. The third kappa shape index (κ3) is 1.96. The lowest BCUT2D eigenvalue weighted by atomic mass is 10.0. The number of hydrogen-bond donors (Lipinski definition) is 1. The maximum Gasteiger partial charge on any atom is 0.0725 e. The zero-order valence-corrected chi connectivity index (χ0v) is 6.68. The van der Waals surface area contributed by atoms with Gasteiger partial charge in [-0.2, -0.15) is 0 Å². The Morgan fingerprint density at radius 2 is 2.40 bits per heavy atom. The summed E-state index contributed by atoms with van der Waals surface area (Å²) in [6.07, 6.45) is 4.93. The van der Waals surface area contributed by atoms with Crippen LogP contribution in [0.1, 0.15) is 32.6 Å². The number of nitrogens with two attached hydrogens (primary N) is 1. The molecule has 1 saturated heterocycles. The largest absolute Gasteiger partial charge is 0.377 e. The molecule has 0 bridgehead atoms. The predicted octanol–water partition coefficient (Wildman–Crippen LogP) is 1.29. The van der Waals surface area contributed by atoms with E-state index in [-0.39, 0.29) is 0 Å². The van der Waals surface area contributed by atoms with Crippen molar-refractivity contribution in [1.29, 1.82) is 0 Å². The predicted molar refractivity (Wildman–Crippen MR) is 41.9 cm³/mol. The Balaban J connectivity index is 2.25. The summed E-state index contributed by atoms with van der Waals surface area (Å²) in [6, 6.07) is 0.300. The lowest BCUT2D eigenvalue weighted by Crippen LogP contribution is -2.40. The molecule has 1 fully saturated rings. The fourth-order valence-electron chi connectivity index (χ4n) is 1.45. The van der Waals surface area contributed by atoms with E-state index in [1.807, 2.05) is 0 Å². The van der Waals surface area contributed by atoms with Gasteiger partial charge in [0.05, 0.1) is 6.10 Å². The van der Waals surface area contributed by atoms with Gasteiger partial charge in [0.25, 0.3) is 0 Å².